The minimum atomic E-state index is -0.983. The SMILES string of the molecule is CC(Sc1nnc(Cc2ccccc2N)c(=O)[nH]1)C(=O)O. The monoisotopic (exact) mass is 306 g/mol. The summed E-state index contributed by atoms with van der Waals surface area (Å²) in [7, 11) is 0. The number of nitrogen functional groups attached to an aromatic ring is 1. The number of para-hydroxylation sites is 1. The van der Waals surface area contributed by atoms with Crippen molar-refractivity contribution in [2.45, 2.75) is 23.8 Å². The summed E-state index contributed by atoms with van der Waals surface area (Å²) < 4.78 is 0. The van der Waals surface area contributed by atoms with Crippen molar-refractivity contribution in [3.63, 3.8) is 0 Å². The van der Waals surface area contributed by atoms with E-state index in [9.17, 15) is 9.59 Å². The number of aromatic amines is 1. The number of aromatic nitrogens is 3. The van der Waals surface area contributed by atoms with Crippen LogP contribution in [0.3, 0.4) is 0 Å². The van der Waals surface area contributed by atoms with E-state index in [1.54, 1.807) is 6.07 Å². The van der Waals surface area contributed by atoms with Gasteiger partial charge in [-0.05, 0) is 18.6 Å². The number of nitrogens with two attached hydrogens (primary N) is 1. The van der Waals surface area contributed by atoms with E-state index < -0.39 is 16.8 Å². The molecule has 8 heteroatoms. The van der Waals surface area contributed by atoms with Gasteiger partial charge < -0.3 is 10.8 Å². The number of hydrogen-bond donors (Lipinski definition) is 3. The Hall–Kier alpha value is -2.35. The Balaban J connectivity index is 2.18. The van der Waals surface area contributed by atoms with Crippen LogP contribution < -0.4 is 11.3 Å². The molecule has 0 aliphatic carbocycles. The Morgan fingerprint density at radius 3 is 2.76 bits per heavy atom. The highest BCUT2D eigenvalue weighted by Gasteiger charge is 2.15. The van der Waals surface area contributed by atoms with Crippen molar-refractivity contribution < 1.29 is 9.90 Å². The highest BCUT2D eigenvalue weighted by molar-refractivity contribution is 8.00. The van der Waals surface area contributed by atoms with Gasteiger partial charge >= 0.3 is 5.97 Å². The van der Waals surface area contributed by atoms with Gasteiger partial charge in [-0.1, -0.05) is 30.0 Å². The second-order valence-electron chi connectivity index (χ2n) is 4.38. The van der Waals surface area contributed by atoms with Crippen LogP contribution in [0.15, 0.2) is 34.2 Å². The number of thioether (sulfide) groups is 1. The minimum absolute atomic E-state index is 0.180. The number of carbonyl (C=O) groups is 1. The van der Waals surface area contributed by atoms with Gasteiger partial charge in [0.1, 0.15) is 10.9 Å². The van der Waals surface area contributed by atoms with Gasteiger partial charge in [0.25, 0.3) is 5.56 Å². The second kappa shape index (κ2) is 6.40. The zero-order valence-electron chi connectivity index (χ0n) is 11.2. The van der Waals surface area contributed by atoms with E-state index in [1.165, 1.54) is 6.92 Å². The van der Waals surface area contributed by atoms with Crippen molar-refractivity contribution in [1.82, 2.24) is 15.2 Å². The van der Waals surface area contributed by atoms with Crippen molar-refractivity contribution in [3.8, 4) is 0 Å². The number of carboxylic acid groups (broad SMARTS) is 1. The standard InChI is InChI=1S/C13H14N4O3S/c1-7(12(19)20)21-13-15-11(18)10(16-17-13)6-8-4-2-3-5-9(8)14/h2-5,7H,6,14H2,1H3,(H,19,20)(H,15,17,18). The van der Waals surface area contributed by atoms with Crippen LogP contribution in [0.4, 0.5) is 5.69 Å². The smallest absolute Gasteiger partial charge is 0.316 e. The third-order valence-electron chi connectivity index (χ3n) is 2.79. The third kappa shape index (κ3) is 3.82. The Morgan fingerprint density at radius 1 is 1.43 bits per heavy atom. The van der Waals surface area contributed by atoms with Crippen LogP contribution in [0.1, 0.15) is 18.2 Å². The van der Waals surface area contributed by atoms with Crippen molar-refractivity contribution in [1.29, 1.82) is 0 Å². The van der Waals surface area contributed by atoms with Gasteiger partial charge in [-0.15, -0.1) is 10.2 Å². The van der Waals surface area contributed by atoms with Crippen molar-refractivity contribution in [3.05, 3.63) is 45.9 Å². The van der Waals surface area contributed by atoms with Gasteiger partial charge in [-0.25, -0.2) is 0 Å². The molecule has 1 aromatic heterocycles. The molecule has 1 heterocycles. The number of aliphatic carboxylic acids is 1. The predicted octanol–water partition coefficient (Wildman–Crippen LogP) is 0.903. The van der Waals surface area contributed by atoms with E-state index in [-0.39, 0.29) is 17.3 Å². The van der Waals surface area contributed by atoms with E-state index in [0.29, 0.717) is 5.69 Å². The Kier molecular flexibility index (Phi) is 4.59. The van der Waals surface area contributed by atoms with Crippen molar-refractivity contribution in [2.75, 3.05) is 5.73 Å². The first kappa shape index (κ1) is 15.0. The van der Waals surface area contributed by atoms with Crippen LogP contribution in [0.25, 0.3) is 0 Å². The predicted molar refractivity (Wildman–Crippen MR) is 79.3 cm³/mol. The first-order chi connectivity index (χ1) is 9.97. The molecule has 0 spiro atoms. The minimum Gasteiger partial charge on any atom is -0.480 e. The molecule has 0 aliphatic heterocycles. The molecule has 1 atom stereocenters. The number of benzene rings is 1. The topological polar surface area (TPSA) is 122 Å². The van der Waals surface area contributed by atoms with Crippen LogP contribution in [0.5, 0.6) is 0 Å². The fourth-order valence-corrected chi connectivity index (χ4v) is 2.28. The van der Waals surface area contributed by atoms with E-state index in [0.717, 1.165) is 17.3 Å². The average Bonchev–Trinajstić information content (AvgIpc) is 2.44. The molecule has 0 bridgehead atoms. The lowest BCUT2D eigenvalue weighted by Crippen LogP contribution is -2.20. The van der Waals surface area contributed by atoms with Gasteiger partial charge in [-0.3, -0.25) is 14.6 Å². The molecule has 0 saturated carbocycles. The van der Waals surface area contributed by atoms with Crippen LogP contribution in [0.2, 0.25) is 0 Å². The Morgan fingerprint density at radius 2 is 2.14 bits per heavy atom. The lowest BCUT2D eigenvalue weighted by Gasteiger charge is -2.06. The number of anilines is 1. The lowest BCUT2D eigenvalue weighted by molar-refractivity contribution is -0.136. The molecule has 1 aromatic carbocycles. The maximum absolute atomic E-state index is 11.9. The van der Waals surface area contributed by atoms with Gasteiger partial charge in [-0.2, -0.15) is 0 Å². The maximum atomic E-state index is 11.9. The third-order valence-corrected chi connectivity index (χ3v) is 3.76. The lowest BCUT2D eigenvalue weighted by atomic mass is 10.1. The molecule has 0 fully saturated rings. The molecule has 0 amide bonds. The van der Waals surface area contributed by atoms with Gasteiger partial charge in [0.05, 0.1) is 0 Å². The molecule has 0 aliphatic rings. The summed E-state index contributed by atoms with van der Waals surface area (Å²) in [5.41, 5.74) is 7.03. The summed E-state index contributed by atoms with van der Waals surface area (Å²) in [4.78, 5) is 25.2. The first-order valence-electron chi connectivity index (χ1n) is 6.16. The Labute approximate surface area is 124 Å². The maximum Gasteiger partial charge on any atom is 0.316 e. The molecule has 4 N–H and O–H groups in total. The van der Waals surface area contributed by atoms with E-state index >= 15 is 0 Å². The Bertz CT molecular complexity index is 717. The van der Waals surface area contributed by atoms with Crippen LogP contribution >= 0.6 is 11.8 Å². The number of rotatable bonds is 5. The molecule has 2 rings (SSSR count). The summed E-state index contributed by atoms with van der Waals surface area (Å²) >= 11 is 0.931. The molecule has 2 aromatic rings. The molecule has 0 radical (unpaired) electrons. The molecular formula is C13H14N4O3S. The zero-order valence-corrected chi connectivity index (χ0v) is 12.1. The summed E-state index contributed by atoms with van der Waals surface area (Å²) in [5, 5.41) is 16.0. The molecule has 110 valence electrons. The van der Waals surface area contributed by atoms with Crippen LogP contribution in [0, 0.1) is 0 Å². The summed E-state index contributed by atoms with van der Waals surface area (Å²) in [5.74, 6) is -0.983. The number of hydrogen-bond acceptors (Lipinski definition) is 6. The average molecular weight is 306 g/mol. The summed E-state index contributed by atoms with van der Waals surface area (Å²) in [6.07, 6.45) is 0.272. The normalized spacial score (nSPS) is 12.0. The summed E-state index contributed by atoms with van der Waals surface area (Å²) in [6, 6.07) is 7.19. The highest BCUT2D eigenvalue weighted by atomic mass is 32.2. The highest BCUT2D eigenvalue weighted by Crippen LogP contribution is 2.18. The molecule has 0 saturated heterocycles. The fraction of sp³-hybridized carbons (Fsp3) is 0.231. The molecule has 1 unspecified atom stereocenters. The van der Waals surface area contributed by atoms with Gasteiger partial charge in [0.2, 0.25) is 0 Å². The van der Waals surface area contributed by atoms with Crippen molar-refractivity contribution >= 4 is 23.4 Å². The van der Waals surface area contributed by atoms with E-state index in [1.807, 2.05) is 18.2 Å². The number of nitrogens with zero attached hydrogens (tertiary/aromatic N) is 2. The molecule has 7 nitrogen and oxygen atoms in total. The van der Waals surface area contributed by atoms with Crippen LogP contribution in [-0.2, 0) is 11.2 Å². The zero-order chi connectivity index (χ0) is 15.4. The number of nitrogens with one attached hydrogen (secondary N) is 1. The molecule has 21 heavy (non-hydrogen) atoms. The number of H-pyrrole nitrogens is 1. The largest absolute Gasteiger partial charge is 0.480 e. The van der Waals surface area contributed by atoms with Gasteiger partial charge in [0, 0.05) is 12.1 Å². The second-order valence-corrected chi connectivity index (χ2v) is 5.71. The molecular weight excluding hydrogens is 292 g/mol. The van der Waals surface area contributed by atoms with E-state index in [2.05, 4.69) is 15.2 Å². The first-order valence-corrected chi connectivity index (χ1v) is 7.04. The summed E-state index contributed by atoms with van der Waals surface area (Å²) in [6.45, 7) is 1.51. The van der Waals surface area contributed by atoms with E-state index in [4.69, 9.17) is 10.8 Å². The van der Waals surface area contributed by atoms with Crippen LogP contribution in [-0.4, -0.2) is 31.5 Å². The van der Waals surface area contributed by atoms with Crippen molar-refractivity contribution in [2.24, 2.45) is 0 Å². The van der Waals surface area contributed by atoms with Gasteiger partial charge in [0.15, 0.2) is 5.16 Å². The fourth-order valence-electron chi connectivity index (χ4n) is 1.61. The number of carboxylic acids is 1. The quantitative estimate of drug-likeness (QED) is 0.554.